The van der Waals surface area contributed by atoms with E-state index in [4.69, 9.17) is 10.5 Å². The highest BCUT2D eigenvalue weighted by Gasteiger charge is 2.32. The number of thioether (sulfide) groups is 1. The number of rotatable bonds is 4. The number of nitrogens with zero attached hydrogens (tertiary/aromatic N) is 2. The number of aromatic nitrogens is 2. The number of anilines is 1. The zero-order valence-corrected chi connectivity index (χ0v) is 13.6. The molecule has 3 rings (SSSR count). The largest absolute Gasteiger partial charge is 0.497 e. The van der Waals surface area contributed by atoms with Gasteiger partial charge < -0.3 is 15.0 Å². The molecular weight excluding hydrogens is 282 g/mol. The summed E-state index contributed by atoms with van der Waals surface area (Å²) >= 11 is 1.98. The Labute approximate surface area is 130 Å². The highest BCUT2D eigenvalue weighted by molar-refractivity contribution is 8.00. The van der Waals surface area contributed by atoms with E-state index in [9.17, 15) is 0 Å². The number of nitrogens with two attached hydrogens (primary N) is 1. The van der Waals surface area contributed by atoms with Gasteiger partial charge in [-0.05, 0) is 31.2 Å². The van der Waals surface area contributed by atoms with Crippen molar-refractivity contribution in [1.29, 1.82) is 0 Å². The van der Waals surface area contributed by atoms with Gasteiger partial charge in [-0.3, -0.25) is 0 Å². The van der Waals surface area contributed by atoms with Crippen molar-refractivity contribution in [3.05, 3.63) is 18.2 Å². The molecule has 0 aliphatic heterocycles. The Morgan fingerprint density at radius 3 is 2.76 bits per heavy atom. The lowest BCUT2D eigenvalue weighted by atomic mass is 9.88. The third-order valence-corrected chi connectivity index (χ3v) is 6.03. The molecule has 2 aromatic rings. The number of methoxy groups -OCH3 is 1. The second kappa shape index (κ2) is 5.79. The zero-order valence-electron chi connectivity index (χ0n) is 12.8. The van der Waals surface area contributed by atoms with E-state index in [0.717, 1.165) is 23.3 Å². The van der Waals surface area contributed by atoms with Crippen molar-refractivity contribution in [3.63, 3.8) is 0 Å². The number of ether oxygens (including phenoxy) is 1. The third kappa shape index (κ3) is 2.71. The molecule has 21 heavy (non-hydrogen) atoms. The quantitative estimate of drug-likeness (QED) is 0.936. The second-order valence-corrected chi connectivity index (χ2v) is 7.13. The molecular formula is C16H23N3OS. The zero-order chi connectivity index (χ0) is 14.9. The van der Waals surface area contributed by atoms with Crippen LogP contribution in [0.3, 0.4) is 0 Å². The van der Waals surface area contributed by atoms with Crippen molar-refractivity contribution < 1.29 is 4.74 Å². The molecule has 1 aromatic heterocycles. The highest BCUT2D eigenvalue weighted by atomic mass is 32.2. The van der Waals surface area contributed by atoms with Crippen LogP contribution in [0, 0.1) is 0 Å². The molecule has 4 nitrogen and oxygen atoms in total. The van der Waals surface area contributed by atoms with Crippen LogP contribution in [0.2, 0.25) is 0 Å². The maximum atomic E-state index is 6.18. The van der Waals surface area contributed by atoms with E-state index < -0.39 is 0 Å². The molecule has 0 atom stereocenters. The van der Waals surface area contributed by atoms with E-state index >= 15 is 0 Å². The molecule has 2 N–H and O–H groups in total. The van der Waals surface area contributed by atoms with Gasteiger partial charge in [-0.1, -0.05) is 19.3 Å². The van der Waals surface area contributed by atoms with Crippen LogP contribution >= 0.6 is 11.8 Å². The van der Waals surface area contributed by atoms with Crippen molar-refractivity contribution in [2.45, 2.75) is 43.4 Å². The fraction of sp³-hybridized carbons (Fsp3) is 0.562. The molecule has 1 saturated carbocycles. The van der Waals surface area contributed by atoms with Crippen molar-refractivity contribution in [1.82, 2.24) is 9.55 Å². The molecule has 114 valence electrons. The first-order chi connectivity index (χ1) is 10.2. The minimum atomic E-state index is 0.295. The average molecular weight is 305 g/mol. The summed E-state index contributed by atoms with van der Waals surface area (Å²) in [6, 6.07) is 5.95. The molecule has 0 amide bonds. The molecule has 1 aromatic carbocycles. The molecule has 0 unspecified atom stereocenters. The Morgan fingerprint density at radius 2 is 2.10 bits per heavy atom. The van der Waals surface area contributed by atoms with Crippen LogP contribution in [0.5, 0.6) is 5.75 Å². The molecule has 1 aliphatic carbocycles. The molecule has 1 heterocycles. The van der Waals surface area contributed by atoms with Crippen LogP contribution in [-0.4, -0.2) is 27.7 Å². The number of hydrogen-bond acceptors (Lipinski definition) is 4. The maximum absolute atomic E-state index is 6.18. The minimum absolute atomic E-state index is 0.295. The molecule has 0 bridgehead atoms. The monoisotopic (exact) mass is 305 g/mol. The van der Waals surface area contributed by atoms with Gasteiger partial charge in [0.05, 0.1) is 18.1 Å². The Morgan fingerprint density at radius 1 is 1.33 bits per heavy atom. The van der Waals surface area contributed by atoms with Gasteiger partial charge in [0.1, 0.15) is 5.75 Å². The van der Waals surface area contributed by atoms with Gasteiger partial charge in [-0.25, -0.2) is 4.98 Å². The summed E-state index contributed by atoms with van der Waals surface area (Å²) in [5.74, 6) is 1.46. The first-order valence-corrected chi connectivity index (χ1v) is 8.75. The van der Waals surface area contributed by atoms with Crippen molar-refractivity contribution in [2.75, 3.05) is 19.1 Å². The van der Waals surface area contributed by atoms with Crippen LogP contribution in [-0.2, 0) is 6.54 Å². The van der Waals surface area contributed by atoms with E-state index in [-0.39, 0.29) is 0 Å². The lowest BCUT2D eigenvalue weighted by Crippen LogP contribution is -2.33. The van der Waals surface area contributed by atoms with Crippen LogP contribution < -0.4 is 10.5 Å². The number of imidazole rings is 1. The van der Waals surface area contributed by atoms with E-state index in [1.807, 2.05) is 30.0 Å². The SMILES string of the molecule is COc1ccc2nc(N)n(CC3(SC)CCCCC3)c2c1. The number of fused-ring (bicyclic) bond motifs is 1. The van der Waals surface area contributed by atoms with E-state index in [0.29, 0.717) is 10.7 Å². The van der Waals surface area contributed by atoms with Crippen LogP contribution in [0.25, 0.3) is 11.0 Å². The molecule has 1 aliphatic rings. The second-order valence-electron chi connectivity index (χ2n) is 5.86. The van der Waals surface area contributed by atoms with Gasteiger partial charge in [0, 0.05) is 17.4 Å². The third-order valence-electron chi connectivity index (χ3n) is 4.63. The normalized spacial score (nSPS) is 18.0. The van der Waals surface area contributed by atoms with Crippen molar-refractivity contribution in [2.24, 2.45) is 0 Å². The van der Waals surface area contributed by atoms with Crippen molar-refractivity contribution >= 4 is 28.7 Å². The van der Waals surface area contributed by atoms with Crippen molar-refractivity contribution in [3.8, 4) is 5.75 Å². The smallest absolute Gasteiger partial charge is 0.201 e. The summed E-state index contributed by atoms with van der Waals surface area (Å²) in [5, 5.41) is 0. The average Bonchev–Trinajstić information content (AvgIpc) is 2.83. The summed E-state index contributed by atoms with van der Waals surface area (Å²) in [5.41, 5.74) is 8.20. The van der Waals surface area contributed by atoms with Gasteiger partial charge in [0.15, 0.2) is 0 Å². The summed E-state index contributed by atoms with van der Waals surface area (Å²) in [6.07, 6.45) is 8.74. The molecule has 0 spiro atoms. The predicted octanol–water partition coefficient (Wildman–Crippen LogP) is 3.69. The first kappa shape index (κ1) is 14.6. The number of hydrogen-bond donors (Lipinski definition) is 1. The van der Waals surface area contributed by atoms with E-state index in [1.165, 1.54) is 32.1 Å². The number of nitrogen functional groups attached to an aromatic ring is 1. The molecule has 1 fully saturated rings. The standard InChI is InChI=1S/C16H23N3OS/c1-20-12-6-7-13-14(10-12)19(15(17)18-13)11-16(21-2)8-4-3-5-9-16/h6-7,10H,3-5,8-9,11H2,1-2H3,(H2,17,18). The van der Waals surface area contributed by atoms with E-state index in [2.05, 4.69) is 15.8 Å². The fourth-order valence-electron chi connectivity index (χ4n) is 3.33. The van der Waals surface area contributed by atoms with E-state index in [1.54, 1.807) is 7.11 Å². The number of benzene rings is 1. The summed E-state index contributed by atoms with van der Waals surface area (Å²) in [6.45, 7) is 0.934. The predicted molar refractivity (Wildman–Crippen MR) is 90.0 cm³/mol. The van der Waals surface area contributed by atoms with Gasteiger partial charge in [-0.15, -0.1) is 0 Å². The Kier molecular flexibility index (Phi) is 4.02. The fourth-order valence-corrected chi connectivity index (χ4v) is 4.28. The van der Waals surface area contributed by atoms with Crippen LogP contribution in [0.1, 0.15) is 32.1 Å². The Bertz CT molecular complexity index is 632. The summed E-state index contributed by atoms with van der Waals surface area (Å²) in [7, 11) is 1.69. The minimum Gasteiger partial charge on any atom is -0.497 e. The van der Waals surface area contributed by atoms with Gasteiger partial charge >= 0.3 is 0 Å². The molecule has 0 saturated heterocycles. The maximum Gasteiger partial charge on any atom is 0.201 e. The Balaban J connectivity index is 2.00. The lowest BCUT2D eigenvalue weighted by molar-refractivity contribution is 0.363. The van der Waals surface area contributed by atoms with Gasteiger partial charge in [0.25, 0.3) is 0 Å². The van der Waals surface area contributed by atoms with Crippen LogP contribution in [0.4, 0.5) is 5.95 Å². The van der Waals surface area contributed by atoms with Gasteiger partial charge in [0.2, 0.25) is 5.95 Å². The summed E-state index contributed by atoms with van der Waals surface area (Å²) in [4.78, 5) is 4.50. The highest BCUT2D eigenvalue weighted by Crippen LogP contribution is 2.41. The Hall–Kier alpha value is -1.36. The van der Waals surface area contributed by atoms with Crippen LogP contribution in [0.15, 0.2) is 18.2 Å². The topological polar surface area (TPSA) is 53.1 Å². The lowest BCUT2D eigenvalue weighted by Gasteiger charge is -2.36. The van der Waals surface area contributed by atoms with Gasteiger partial charge in [-0.2, -0.15) is 11.8 Å². The first-order valence-electron chi connectivity index (χ1n) is 7.52. The molecule has 0 radical (unpaired) electrons. The molecule has 5 heteroatoms. The summed E-state index contributed by atoms with van der Waals surface area (Å²) < 4.78 is 7.80.